The molecule has 21 heavy (non-hydrogen) atoms. The Labute approximate surface area is 121 Å². The molecule has 1 aliphatic heterocycles. The molecule has 0 aromatic carbocycles. The number of rotatable bonds is 3. The van der Waals surface area contributed by atoms with Crippen LogP contribution in [0.15, 0.2) is 18.2 Å². The van der Waals surface area contributed by atoms with Crippen molar-refractivity contribution in [3.8, 4) is 0 Å². The lowest BCUT2D eigenvalue weighted by Gasteiger charge is -2.16. The molecule has 2 unspecified atom stereocenters. The van der Waals surface area contributed by atoms with Gasteiger partial charge < -0.3 is 5.11 Å². The molecule has 0 bridgehead atoms. The van der Waals surface area contributed by atoms with Gasteiger partial charge in [-0.05, 0) is 30.9 Å². The Morgan fingerprint density at radius 3 is 2.48 bits per heavy atom. The number of pyridine rings is 1. The Morgan fingerprint density at radius 1 is 1.29 bits per heavy atom. The smallest absolute Gasteiger partial charge is 0.354 e. The zero-order valence-electron chi connectivity index (χ0n) is 11.7. The minimum absolute atomic E-state index is 0.0557. The first-order valence-corrected chi connectivity index (χ1v) is 7.02. The van der Waals surface area contributed by atoms with Crippen LogP contribution in [0.1, 0.15) is 35.9 Å². The molecule has 2 fully saturated rings. The molecule has 1 saturated heterocycles. The Morgan fingerprint density at radius 2 is 1.90 bits per heavy atom. The van der Waals surface area contributed by atoms with Crippen LogP contribution in [-0.4, -0.2) is 32.8 Å². The van der Waals surface area contributed by atoms with E-state index in [1.165, 1.54) is 11.0 Å². The van der Waals surface area contributed by atoms with Crippen LogP contribution >= 0.6 is 0 Å². The highest BCUT2D eigenvalue weighted by Crippen LogP contribution is 2.43. The fourth-order valence-corrected chi connectivity index (χ4v) is 3.35. The molecule has 2 heterocycles. The molecule has 2 aliphatic rings. The summed E-state index contributed by atoms with van der Waals surface area (Å²) in [6.07, 6.45) is 1.52. The number of nitrogens with zero attached hydrogens (tertiary/aromatic N) is 2. The number of carbonyl (C=O) groups is 3. The number of hydrogen-bond donors (Lipinski definition) is 1. The summed E-state index contributed by atoms with van der Waals surface area (Å²) in [5, 5.41) is 8.92. The molecule has 1 aromatic heterocycles. The number of aromatic nitrogens is 1. The molecular weight excluding hydrogens is 272 g/mol. The maximum atomic E-state index is 12.3. The van der Waals surface area contributed by atoms with Crippen molar-refractivity contribution < 1.29 is 19.5 Å². The van der Waals surface area contributed by atoms with Gasteiger partial charge in [-0.1, -0.05) is 13.0 Å². The number of likely N-dealkylation sites (tertiary alicyclic amines) is 1. The Hall–Kier alpha value is -2.24. The second-order valence-electron chi connectivity index (χ2n) is 5.87. The maximum Gasteiger partial charge on any atom is 0.354 e. The van der Waals surface area contributed by atoms with E-state index < -0.39 is 5.97 Å². The third kappa shape index (κ3) is 2.30. The van der Waals surface area contributed by atoms with Crippen molar-refractivity contribution in [3.63, 3.8) is 0 Å². The van der Waals surface area contributed by atoms with Crippen LogP contribution in [-0.2, 0) is 16.1 Å². The SMILES string of the molecule is CC1CC2C(=O)N(Cc3cccc(C(=O)O)n3)C(=O)C2C1. The van der Waals surface area contributed by atoms with Crippen molar-refractivity contribution in [1.29, 1.82) is 0 Å². The average Bonchev–Trinajstić information content (AvgIpc) is 2.93. The van der Waals surface area contributed by atoms with Gasteiger partial charge in [0, 0.05) is 0 Å². The molecule has 110 valence electrons. The predicted molar refractivity (Wildman–Crippen MR) is 72.1 cm³/mol. The highest BCUT2D eigenvalue weighted by atomic mass is 16.4. The minimum Gasteiger partial charge on any atom is -0.477 e. The lowest BCUT2D eigenvalue weighted by Crippen LogP contribution is -2.32. The third-order valence-electron chi connectivity index (χ3n) is 4.31. The van der Waals surface area contributed by atoms with Crippen LogP contribution < -0.4 is 0 Å². The van der Waals surface area contributed by atoms with Gasteiger partial charge in [-0.25, -0.2) is 9.78 Å². The molecule has 1 aliphatic carbocycles. The van der Waals surface area contributed by atoms with Gasteiger partial charge in [0.1, 0.15) is 5.69 Å². The Bertz CT molecular complexity index is 604. The number of carboxylic acids is 1. The molecule has 3 rings (SSSR count). The molecule has 1 N–H and O–H groups in total. The summed E-state index contributed by atoms with van der Waals surface area (Å²) >= 11 is 0. The van der Waals surface area contributed by atoms with Gasteiger partial charge in [0.2, 0.25) is 11.8 Å². The summed E-state index contributed by atoms with van der Waals surface area (Å²) in [4.78, 5) is 40.8. The van der Waals surface area contributed by atoms with Gasteiger partial charge in [-0.15, -0.1) is 0 Å². The van der Waals surface area contributed by atoms with Gasteiger partial charge in [0.25, 0.3) is 0 Å². The quantitative estimate of drug-likeness (QED) is 0.847. The van der Waals surface area contributed by atoms with E-state index in [-0.39, 0.29) is 35.9 Å². The standard InChI is InChI=1S/C15H16N2O4/c1-8-5-10-11(6-8)14(19)17(13(10)18)7-9-3-2-4-12(16-9)15(20)21/h2-4,8,10-11H,5-7H2,1H3,(H,20,21). The van der Waals surface area contributed by atoms with Gasteiger partial charge >= 0.3 is 5.97 Å². The second kappa shape index (κ2) is 4.95. The van der Waals surface area contributed by atoms with E-state index in [9.17, 15) is 14.4 Å². The lowest BCUT2D eigenvalue weighted by molar-refractivity contribution is -0.141. The molecule has 1 saturated carbocycles. The van der Waals surface area contributed by atoms with Crippen molar-refractivity contribution in [2.24, 2.45) is 17.8 Å². The third-order valence-corrected chi connectivity index (χ3v) is 4.31. The molecule has 0 spiro atoms. The van der Waals surface area contributed by atoms with Crippen molar-refractivity contribution in [3.05, 3.63) is 29.6 Å². The molecule has 6 nitrogen and oxygen atoms in total. The molecule has 6 heteroatoms. The van der Waals surface area contributed by atoms with E-state index in [0.29, 0.717) is 11.6 Å². The summed E-state index contributed by atoms with van der Waals surface area (Å²) in [7, 11) is 0. The topological polar surface area (TPSA) is 87.6 Å². The minimum atomic E-state index is -1.12. The number of aromatic carboxylic acids is 1. The van der Waals surface area contributed by atoms with Crippen molar-refractivity contribution >= 4 is 17.8 Å². The van der Waals surface area contributed by atoms with Gasteiger partial charge in [0.15, 0.2) is 0 Å². The first kappa shape index (κ1) is 13.7. The summed E-state index contributed by atoms with van der Waals surface area (Å²) in [6, 6.07) is 4.58. The zero-order chi connectivity index (χ0) is 15.1. The van der Waals surface area contributed by atoms with Crippen LogP contribution in [0.3, 0.4) is 0 Å². The number of fused-ring (bicyclic) bond motifs is 1. The monoisotopic (exact) mass is 288 g/mol. The highest BCUT2D eigenvalue weighted by Gasteiger charge is 2.51. The fraction of sp³-hybridized carbons (Fsp3) is 0.467. The molecule has 0 radical (unpaired) electrons. The van der Waals surface area contributed by atoms with Gasteiger partial charge in [-0.3, -0.25) is 14.5 Å². The average molecular weight is 288 g/mol. The van der Waals surface area contributed by atoms with E-state index in [0.717, 1.165) is 12.8 Å². The largest absolute Gasteiger partial charge is 0.477 e. The van der Waals surface area contributed by atoms with Crippen molar-refractivity contribution in [1.82, 2.24) is 9.88 Å². The number of hydrogen-bond acceptors (Lipinski definition) is 4. The van der Waals surface area contributed by atoms with Crippen LogP contribution in [0.2, 0.25) is 0 Å². The van der Waals surface area contributed by atoms with Crippen LogP contribution in [0, 0.1) is 17.8 Å². The second-order valence-corrected chi connectivity index (χ2v) is 5.87. The summed E-state index contributed by atoms with van der Waals surface area (Å²) in [5.41, 5.74) is 0.338. The van der Waals surface area contributed by atoms with Crippen LogP contribution in [0.4, 0.5) is 0 Å². The van der Waals surface area contributed by atoms with Crippen molar-refractivity contribution in [2.45, 2.75) is 26.3 Å². The van der Waals surface area contributed by atoms with E-state index in [2.05, 4.69) is 11.9 Å². The molecule has 1 aromatic rings. The summed E-state index contributed by atoms with van der Waals surface area (Å²) < 4.78 is 0. The number of imide groups is 1. The van der Waals surface area contributed by atoms with Crippen LogP contribution in [0.5, 0.6) is 0 Å². The van der Waals surface area contributed by atoms with Gasteiger partial charge in [-0.2, -0.15) is 0 Å². The molecule has 2 amide bonds. The summed E-state index contributed by atoms with van der Waals surface area (Å²) in [5.74, 6) is -1.40. The van der Waals surface area contributed by atoms with E-state index >= 15 is 0 Å². The number of amides is 2. The maximum absolute atomic E-state index is 12.3. The normalized spacial score (nSPS) is 28.0. The molecular formula is C15H16N2O4. The first-order chi connectivity index (χ1) is 9.97. The van der Waals surface area contributed by atoms with E-state index in [4.69, 9.17) is 5.11 Å². The Kier molecular flexibility index (Phi) is 3.23. The van der Waals surface area contributed by atoms with Gasteiger partial charge in [0.05, 0.1) is 24.1 Å². The van der Waals surface area contributed by atoms with Crippen LogP contribution in [0.25, 0.3) is 0 Å². The van der Waals surface area contributed by atoms with E-state index in [1.807, 2.05) is 0 Å². The lowest BCUT2D eigenvalue weighted by atomic mass is 10.00. The Balaban J connectivity index is 1.80. The number of carbonyl (C=O) groups excluding carboxylic acids is 2. The highest BCUT2D eigenvalue weighted by molar-refractivity contribution is 6.05. The summed E-state index contributed by atoms with van der Waals surface area (Å²) in [6.45, 7) is 2.11. The molecule has 2 atom stereocenters. The fourth-order valence-electron chi connectivity index (χ4n) is 3.35. The first-order valence-electron chi connectivity index (χ1n) is 7.02. The predicted octanol–water partition coefficient (Wildman–Crippen LogP) is 1.31. The zero-order valence-corrected chi connectivity index (χ0v) is 11.7. The van der Waals surface area contributed by atoms with E-state index in [1.54, 1.807) is 12.1 Å². The number of carboxylic acid groups (broad SMARTS) is 1. The van der Waals surface area contributed by atoms with Crippen molar-refractivity contribution in [2.75, 3.05) is 0 Å².